The number of benzene rings is 1. The topological polar surface area (TPSA) is 46.2 Å². The second-order valence-electron chi connectivity index (χ2n) is 4.34. The van der Waals surface area contributed by atoms with E-state index < -0.39 is 10.7 Å². The Labute approximate surface area is 102 Å². The smallest absolute Gasteiger partial charge is 0.144 e. The molecule has 0 saturated carbocycles. The minimum Gasteiger partial charge on any atom is -0.317 e. The van der Waals surface area contributed by atoms with Gasteiger partial charge in [-0.3, -0.25) is 0 Å². The summed E-state index contributed by atoms with van der Waals surface area (Å²) in [5, 5.41) is 3.23. The van der Waals surface area contributed by atoms with Crippen LogP contribution in [0.2, 0.25) is 0 Å². The SMILES string of the molecule is O=[SH](=O)Cc1cccc(C2CCNCC2)c1F. The molecule has 1 aromatic carbocycles. The van der Waals surface area contributed by atoms with Crippen LogP contribution in [-0.2, 0) is 16.5 Å². The number of hydrogen-bond donors (Lipinski definition) is 2. The van der Waals surface area contributed by atoms with Gasteiger partial charge in [0.2, 0.25) is 0 Å². The Morgan fingerprint density at radius 2 is 2.00 bits per heavy atom. The van der Waals surface area contributed by atoms with E-state index in [1.54, 1.807) is 18.2 Å². The third-order valence-corrected chi connectivity index (χ3v) is 3.79. The fourth-order valence-electron chi connectivity index (χ4n) is 2.31. The van der Waals surface area contributed by atoms with Crippen molar-refractivity contribution in [2.24, 2.45) is 0 Å². The van der Waals surface area contributed by atoms with E-state index in [0.29, 0.717) is 5.56 Å². The first-order valence-electron chi connectivity index (χ1n) is 5.78. The number of thiol groups is 1. The lowest BCUT2D eigenvalue weighted by Gasteiger charge is -2.23. The molecule has 0 aromatic heterocycles. The molecule has 1 heterocycles. The van der Waals surface area contributed by atoms with Gasteiger partial charge in [0.25, 0.3) is 0 Å². The van der Waals surface area contributed by atoms with E-state index in [-0.39, 0.29) is 23.1 Å². The third kappa shape index (κ3) is 3.04. The number of hydrogen-bond acceptors (Lipinski definition) is 3. The Hall–Kier alpha value is -0.940. The van der Waals surface area contributed by atoms with Gasteiger partial charge < -0.3 is 5.32 Å². The van der Waals surface area contributed by atoms with E-state index in [2.05, 4.69) is 5.32 Å². The summed E-state index contributed by atoms with van der Waals surface area (Å²) >= 11 is 0. The van der Waals surface area contributed by atoms with Gasteiger partial charge in [-0.15, -0.1) is 0 Å². The zero-order valence-corrected chi connectivity index (χ0v) is 10.4. The molecule has 94 valence electrons. The molecule has 1 N–H and O–H groups in total. The zero-order valence-electron chi connectivity index (χ0n) is 9.49. The maximum atomic E-state index is 14.1. The predicted molar refractivity (Wildman–Crippen MR) is 65.3 cm³/mol. The normalized spacial score (nSPS) is 17.5. The lowest BCUT2D eigenvalue weighted by Crippen LogP contribution is -2.27. The molecule has 0 bridgehead atoms. The van der Waals surface area contributed by atoms with Crippen LogP contribution in [0.3, 0.4) is 0 Å². The van der Waals surface area contributed by atoms with Gasteiger partial charge in [0.1, 0.15) is 16.5 Å². The van der Waals surface area contributed by atoms with Gasteiger partial charge in [0, 0.05) is 5.56 Å². The molecule has 0 amide bonds. The van der Waals surface area contributed by atoms with Crippen LogP contribution in [0.5, 0.6) is 0 Å². The first-order valence-corrected chi connectivity index (χ1v) is 7.14. The number of nitrogens with one attached hydrogen (secondary N) is 1. The largest absolute Gasteiger partial charge is 0.317 e. The Kier molecular flexibility index (Phi) is 4.12. The van der Waals surface area contributed by atoms with E-state index >= 15 is 0 Å². The molecule has 1 fully saturated rings. The lowest BCUT2D eigenvalue weighted by atomic mass is 9.89. The van der Waals surface area contributed by atoms with Crippen LogP contribution in [0.25, 0.3) is 0 Å². The summed E-state index contributed by atoms with van der Waals surface area (Å²) in [7, 11) is -2.58. The van der Waals surface area contributed by atoms with Crippen molar-refractivity contribution in [1.29, 1.82) is 0 Å². The highest BCUT2D eigenvalue weighted by atomic mass is 32.2. The Morgan fingerprint density at radius 3 is 2.65 bits per heavy atom. The van der Waals surface area contributed by atoms with E-state index in [1.165, 1.54) is 0 Å². The highest BCUT2D eigenvalue weighted by molar-refractivity contribution is 7.71. The predicted octanol–water partition coefficient (Wildman–Crippen LogP) is 1.40. The second-order valence-corrected chi connectivity index (χ2v) is 5.32. The van der Waals surface area contributed by atoms with Gasteiger partial charge >= 0.3 is 0 Å². The fraction of sp³-hybridized carbons (Fsp3) is 0.500. The highest BCUT2D eigenvalue weighted by Crippen LogP contribution is 2.28. The molecule has 3 nitrogen and oxygen atoms in total. The molecular weight excluding hydrogens is 241 g/mol. The number of rotatable bonds is 3. The van der Waals surface area contributed by atoms with Crippen LogP contribution in [0.1, 0.15) is 29.9 Å². The van der Waals surface area contributed by atoms with Crippen LogP contribution in [0, 0.1) is 5.82 Å². The molecule has 17 heavy (non-hydrogen) atoms. The summed E-state index contributed by atoms with van der Waals surface area (Å²) in [5.41, 5.74) is 0.956. The zero-order chi connectivity index (χ0) is 12.3. The monoisotopic (exact) mass is 257 g/mol. The summed E-state index contributed by atoms with van der Waals surface area (Å²) in [6.45, 7) is 1.79. The average molecular weight is 257 g/mol. The summed E-state index contributed by atoms with van der Waals surface area (Å²) < 4.78 is 35.5. The highest BCUT2D eigenvalue weighted by Gasteiger charge is 2.20. The minimum absolute atomic E-state index is 0.208. The van der Waals surface area contributed by atoms with Crippen LogP contribution in [0.15, 0.2) is 18.2 Å². The Balaban J connectivity index is 2.27. The van der Waals surface area contributed by atoms with Crippen LogP contribution < -0.4 is 5.32 Å². The van der Waals surface area contributed by atoms with Crippen molar-refractivity contribution in [2.75, 3.05) is 13.1 Å². The van der Waals surface area contributed by atoms with E-state index in [1.807, 2.05) is 0 Å². The van der Waals surface area contributed by atoms with Crippen molar-refractivity contribution >= 4 is 10.7 Å². The van der Waals surface area contributed by atoms with Crippen molar-refractivity contribution in [3.05, 3.63) is 35.1 Å². The summed E-state index contributed by atoms with van der Waals surface area (Å²) in [5.74, 6) is -0.334. The van der Waals surface area contributed by atoms with Crippen molar-refractivity contribution in [1.82, 2.24) is 5.32 Å². The average Bonchev–Trinajstić information content (AvgIpc) is 2.32. The number of piperidine rings is 1. The van der Waals surface area contributed by atoms with Gasteiger partial charge in [-0.25, -0.2) is 12.8 Å². The van der Waals surface area contributed by atoms with Crippen LogP contribution >= 0.6 is 0 Å². The molecule has 2 rings (SSSR count). The second kappa shape index (κ2) is 5.60. The standard InChI is InChI=1S/C12H16FNO2S/c13-12-10(8-17(15)16)2-1-3-11(12)9-4-6-14-7-5-9/h1-3,9,14,17H,4-8H2. The molecule has 0 aliphatic carbocycles. The molecule has 1 saturated heterocycles. The van der Waals surface area contributed by atoms with Crippen molar-refractivity contribution in [3.63, 3.8) is 0 Å². The summed E-state index contributed by atoms with van der Waals surface area (Å²) in [6, 6.07) is 5.06. The minimum atomic E-state index is -2.58. The maximum Gasteiger partial charge on any atom is 0.144 e. The molecule has 5 heteroatoms. The molecule has 1 aromatic rings. The first kappa shape index (κ1) is 12.5. The fourth-order valence-corrected chi connectivity index (χ4v) is 2.83. The van der Waals surface area contributed by atoms with Gasteiger partial charge in [-0.1, -0.05) is 18.2 Å². The van der Waals surface area contributed by atoms with Gasteiger partial charge in [0.05, 0.1) is 5.75 Å². The van der Waals surface area contributed by atoms with E-state index in [4.69, 9.17) is 0 Å². The number of halogens is 1. The molecular formula is C12H16FNO2S. The van der Waals surface area contributed by atoms with Crippen LogP contribution in [-0.4, -0.2) is 21.5 Å². The lowest BCUT2D eigenvalue weighted by molar-refractivity contribution is 0.444. The Morgan fingerprint density at radius 1 is 1.29 bits per heavy atom. The molecule has 0 radical (unpaired) electrons. The van der Waals surface area contributed by atoms with Gasteiger partial charge in [0.15, 0.2) is 0 Å². The van der Waals surface area contributed by atoms with Gasteiger partial charge in [-0.2, -0.15) is 0 Å². The molecule has 1 aliphatic rings. The molecule has 1 aliphatic heterocycles. The summed E-state index contributed by atoms with van der Waals surface area (Å²) in [6.07, 6.45) is 1.81. The van der Waals surface area contributed by atoms with E-state index in [9.17, 15) is 12.8 Å². The molecule has 0 unspecified atom stereocenters. The van der Waals surface area contributed by atoms with Crippen LogP contribution in [0.4, 0.5) is 4.39 Å². The quantitative estimate of drug-likeness (QED) is 0.805. The van der Waals surface area contributed by atoms with E-state index in [0.717, 1.165) is 25.9 Å². The van der Waals surface area contributed by atoms with Gasteiger partial charge in [-0.05, 0) is 37.4 Å². The van der Waals surface area contributed by atoms with Crippen molar-refractivity contribution in [2.45, 2.75) is 24.5 Å². The molecule has 0 atom stereocenters. The maximum absolute atomic E-state index is 14.1. The first-order chi connectivity index (χ1) is 8.18. The molecule has 0 spiro atoms. The Bertz CT molecular complexity index is 460. The van der Waals surface area contributed by atoms with Crippen molar-refractivity contribution in [3.8, 4) is 0 Å². The third-order valence-electron chi connectivity index (χ3n) is 3.19. The summed E-state index contributed by atoms with van der Waals surface area (Å²) in [4.78, 5) is 0. The van der Waals surface area contributed by atoms with Crippen molar-refractivity contribution < 1.29 is 12.8 Å².